The zero-order valence-corrected chi connectivity index (χ0v) is 13.7. The van der Waals surface area contributed by atoms with Crippen LogP contribution in [-0.2, 0) is 0 Å². The molecule has 1 unspecified atom stereocenters. The molecule has 0 N–H and O–H groups in total. The van der Waals surface area contributed by atoms with E-state index >= 15 is 0 Å². The van der Waals surface area contributed by atoms with Crippen LogP contribution in [0, 0.1) is 5.92 Å². The van der Waals surface area contributed by atoms with Crippen molar-refractivity contribution in [2.75, 3.05) is 6.54 Å². The van der Waals surface area contributed by atoms with Crippen LogP contribution in [-0.4, -0.2) is 12.3 Å². The third-order valence-electron chi connectivity index (χ3n) is 3.79. The smallest absolute Gasteiger partial charge is 0.0637 e. The molecule has 1 heteroatoms. The Morgan fingerprint density at radius 1 is 1.38 bits per heavy atom. The summed E-state index contributed by atoms with van der Waals surface area (Å²) in [5.74, 6) is 0.427. The van der Waals surface area contributed by atoms with E-state index in [4.69, 9.17) is 0 Å². The summed E-state index contributed by atoms with van der Waals surface area (Å²) < 4.78 is 0. The summed E-state index contributed by atoms with van der Waals surface area (Å²) in [6.45, 7) is 19.0. The third kappa shape index (κ3) is 4.56. The van der Waals surface area contributed by atoms with Gasteiger partial charge in [0.15, 0.2) is 0 Å². The summed E-state index contributed by atoms with van der Waals surface area (Å²) in [4.78, 5) is 4.44. The summed E-state index contributed by atoms with van der Waals surface area (Å²) in [7, 11) is 0. The topological polar surface area (TPSA) is 12.4 Å². The van der Waals surface area contributed by atoms with Gasteiger partial charge in [0.25, 0.3) is 0 Å². The molecule has 112 valence electrons. The van der Waals surface area contributed by atoms with Crippen molar-refractivity contribution in [3.8, 4) is 0 Å². The molecular weight excluding hydrogens is 254 g/mol. The van der Waals surface area contributed by atoms with Crippen LogP contribution >= 0.6 is 0 Å². The van der Waals surface area contributed by atoms with Gasteiger partial charge in [0.2, 0.25) is 0 Å². The van der Waals surface area contributed by atoms with E-state index < -0.39 is 0 Å². The molecule has 1 rings (SSSR count). The van der Waals surface area contributed by atoms with E-state index in [2.05, 4.69) is 56.8 Å². The molecule has 0 radical (unpaired) electrons. The first-order valence-electron chi connectivity index (χ1n) is 7.64. The van der Waals surface area contributed by atoms with Crippen molar-refractivity contribution in [2.24, 2.45) is 10.9 Å². The molecule has 0 aliphatic heterocycles. The van der Waals surface area contributed by atoms with Crippen molar-refractivity contribution < 1.29 is 0 Å². The number of aliphatic imine (C=N–C) groups is 1. The summed E-state index contributed by atoms with van der Waals surface area (Å²) in [5.41, 5.74) is 5.77. The van der Waals surface area contributed by atoms with Crippen LogP contribution < -0.4 is 0 Å². The predicted molar refractivity (Wildman–Crippen MR) is 95.8 cm³/mol. The number of hydrogen-bond acceptors (Lipinski definition) is 1. The highest BCUT2D eigenvalue weighted by molar-refractivity contribution is 6.10. The fraction of sp³-hybridized carbons (Fsp3) is 0.350. The largest absolute Gasteiger partial charge is 0.285 e. The van der Waals surface area contributed by atoms with Gasteiger partial charge < -0.3 is 0 Å². The second-order valence-electron chi connectivity index (χ2n) is 5.24. The van der Waals surface area contributed by atoms with Crippen molar-refractivity contribution in [2.45, 2.75) is 33.6 Å². The fourth-order valence-corrected chi connectivity index (χ4v) is 2.46. The van der Waals surface area contributed by atoms with E-state index in [1.54, 1.807) is 6.08 Å². The number of rotatable bonds is 7. The van der Waals surface area contributed by atoms with Crippen LogP contribution in [0.3, 0.4) is 0 Å². The standard InChI is InChI=1S/C20H27N/c1-7-17-11-12-18(8-2)19(14-17)13-15(5)16(6)20(9-3)21-10-4/h7,9,11-13,17H,1,3,6,8,10,14H2,2,4-5H3/b15-13+,21-20+. The molecule has 0 heterocycles. The summed E-state index contributed by atoms with van der Waals surface area (Å²) in [6, 6.07) is 0. The van der Waals surface area contributed by atoms with E-state index in [9.17, 15) is 0 Å². The maximum Gasteiger partial charge on any atom is 0.0637 e. The second kappa shape index (κ2) is 8.41. The average molecular weight is 281 g/mol. The normalized spacial score (nSPS) is 19.7. The van der Waals surface area contributed by atoms with Crippen LogP contribution in [0.5, 0.6) is 0 Å². The highest BCUT2D eigenvalue weighted by atomic mass is 14.7. The molecule has 0 saturated carbocycles. The zero-order chi connectivity index (χ0) is 15.8. The molecule has 0 aromatic carbocycles. The lowest BCUT2D eigenvalue weighted by molar-refractivity contribution is 0.781. The summed E-state index contributed by atoms with van der Waals surface area (Å²) in [6.07, 6.45) is 12.6. The molecule has 0 spiro atoms. The Kier molecular flexibility index (Phi) is 6.87. The Labute approximate surface area is 129 Å². The van der Waals surface area contributed by atoms with Crippen molar-refractivity contribution in [3.63, 3.8) is 0 Å². The first kappa shape index (κ1) is 17.2. The van der Waals surface area contributed by atoms with Crippen LogP contribution in [0.15, 0.2) is 77.4 Å². The maximum atomic E-state index is 4.44. The van der Waals surface area contributed by atoms with Crippen LogP contribution in [0.2, 0.25) is 0 Å². The molecule has 0 saturated heterocycles. The third-order valence-corrected chi connectivity index (χ3v) is 3.79. The van der Waals surface area contributed by atoms with Crippen LogP contribution in [0.4, 0.5) is 0 Å². The van der Waals surface area contributed by atoms with Gasteiger partial charge in [-0.3, -0.25) is 4.99 Å². The van der Waals surface area contributed by atoms with Gasteiger partial charge in [-0.25, -0.2) is 0 Å². The van der Waals surface area contributed by atoms with Gasteiger partial charge >= 0.3 is 0 Å². The Morgan fingerprint density at radius 2 is 2.10 bits per heavy atom. The Balaban J connectivity index is 3.09. The van der Waals surface area contributed by atoms with Gasteiger partial charge in [-0.05, 0) is 61.0 Å². The summed E-state index contributed by atoms with van der Waals surface area (Å²) >= 11 is 0. The van der Waals surface area contributed by atoms with Gasteiger partial charge in [0.1, 0.15) is 0 Å². The minimum atomic E-state index is 0.427. The summed E-state index contributed by atoms with van der Waals surface area (Å²) in [5, 5.41) is 0. The molecule has 21 heavy (non-hydrogen) atoms. The van der Waals surface area contributed by atoms with Crippen LogP contribution in [0.1, 0.15) is 33.6 Å². The number of hydrogen-bond donors (Lipinski definition) is 0. The van der Waals surface area contributed by atoms with E-state index in [0.717, 1.165) is 36.2 Å². The monoisotopic (exact) mass is 281 g/mol. The quantitative estimate of drug-likeness (QED) is 0.327. The highest BCUT2D eigenvalue weighted by Gasteiger charge is 2.13. The molecule has 0 fully saturated rings. The van der Waals surface area contributed by atoms with Crippen molar-refractivity contribution in [3.05, 3.63) is 72.4 Å². The Hall–Kier alpha value is -1.89. The number of nitrogens with zero attached hydrogens (tertiary/aromatic N) is 1. The molecule has 0 aromatic rings. The highest BCUT2D eigenvalue weighted by Crippen LogP contribution is 2.29. The minimum absolute atomic E-state index is 0.427. The van der Waals surface area contributed by atoms with Crippen molar-refractivity contribution in [1.82, 2.24) is 0 Å². The van der Waals surface area contributed by atoms with Crippen LogP contribution in [0.25, 0.3) is 0 Å². The average Bonchev–Trinajstić information content (AvgIpc) is 2.51. The predicted octanol–water partition coefficient (Wildman–Crippen LogP) is 5.60. The van der Waals surface area contributed by atoms with E-state index in [0.29, 0.717) is 5.92 Å². The molecule has 1 aliphatic carbocycles. The lowest BCUT2D eigenvalue weighted by Gasteiger charge is -2.19. The van der Waals surface area contributed by atoms with E-state index in [1.807, 2.05) is 13.0 Å². The fourth-order valence-electron chi connectivity index (χ4n) is 2.46. The van der Waals surface area contributed by atoms with E-state index in [1.165, 1.54) is 11.1 Å². The second-order valence-corrected chi connectivity index (χ2v) is 5.24. The SMILES string of the molecule is C=C/C(=N\CC)C(=C)/C(C)=C/C1=C(CC)C=CC(C=C)C1. The molecular formula is C20H27N. The Morgan fingerprint density at radius 3 is 2.62 bits per heavy atom. The van der Waals surface area contributed by atoms with Gasteiger partial charge in [0.05, 0.1) is 5.71 Å². The first-order valence-corrected chi connectivity index (χ1v) is 7.64. The van der Waals surface area contributed by atoms with E-state index in [-0.39, 0.29) is 0 Å². The zero-order valence-electron chi connectivity index (χ0n) is 13.7. The molecule has 1 nitrogen and oxygen atoms in total. The van der Waals surface area contributed by atoms with Gasteiger partial charge in [-0.15, -0.1) is 6.58 Å². The Bertz CT molecular complexity index is 538. The molecule has 1 atom stereocenters. The number of allylic oxidation sites excluding steroid dienone is 9. The minimum Gasteiger partial charge on any atom is -0.285 e. The van der Waals surface area contributed by atoms with Gasteiger partial charge in [-0.2, -0.15) is 0 Å². The lowest BCUT2D eigenvalue weighted by Crippen LogP contribution is -2.04. The first-order chi connectivity index (χ1) is 10.1. The molecule has 0 aromatic heterocycles. The van der Waals surface area contributed by atoms with Gasteiger partial charge in [-0.1, -0.05) is 44.4 Å². The molecule has 0 bridgehead atoms. The van der Waals surface area contributed by atoms with Crippen molar-refractivity contribution in [1.29, 1.82) is 0 Å². The van der Waals surface area contributed by atoms with Gasteiger partial charge in [0, 0.05) is 6.54 Å². The molecule has 0 amide bonds. The van der Waals surface area contributed by atoms with Crippen molar-refractivity contribution >= 4 is 5.71 Å². The molecule has 1 aliphatic rings. The lowest BCUT2D eigenvalue weighted by atomic mass is 9.87. The maximum absolute atomic E-state index is 4.44.